The van der Waals surface area contributed by atoms with Gasteiger partial charge in [-0.1, -0.05) is 0 Å². The van der Waals surface area contributed by atoms with Crippen LogP contribution in [0.5, 0.6) is 0 Å². The summed E-state index contributed by atoms with van der Waals surface area (Å²) in [5.41, 5.74) is 0.937. The minimum Gasteiger partial charge on any atom is -0.464 e. The van der Waals surface area contributed by atoms with E-state index in [1.165, 1.54) is 12.4 Å². The maximum Gasteiger partial charge on any atom is 0.417 e. The van der Waals surface area contributed by atoms with Crippen molar-refractivity contribution in [3.8, 4) is 0 Å². The van der Waals surface area contributed by atoms with Gasteiger partial charge in [-0.05, 0) is 38.5 Å². The molecule has 0 bridgehead atoms. The average Bonchev–Trinajstić information content (AvgIpc) is 2.44. The molecule has 14 heavy (non-hydrogen) atoms. The van der Waals surface area contributed by atoms with Gasteiger partial charge in [0.2, 0.25) is 0 Å². The summed E-state index contributed by atoms with van der Waals surface area (Å²) in [6.45, 7) is 0. The van der Waals surface area contributed by atoms with Crippen LogP contribution in [0.3, 0.4) is 0 Å². The van der Waals surface area contributed by atoms with E-state index in [4.69, 9.17) is 5.11 Å². The van der Waals surface area contributed by atoms with Crippen LogP contribution in [-0.4, -0.2) is 25.7 Å². The number of fused-ring (bicyclic) bond motifs is 1. The van der Waals surface area contributed by atoms with Gasteiger partial charge in [-0.3, -0.25) is 0 Å². The van der Waals surface area contributed by atoms with Crippen LogP contribution in [0.2, 0.25) is 0 Å². The summed E-state index contributed by atoms with van der Waals surface area (Å²) in [7, 11) is 0. The Bertz CT molecular complexity index is 525. The molecule has 0 aliphatic rings. The van der Waals surface area contributed by atoms with Crippen LogP contribution in [0, 0.1) is 3.57 Å². The molecule has 0 saturated carbocycles. The summed E-state index contributed by atoms with van der Waals surface area (Å²) >= 11 is 5.20. The minimum atomic E-state index is -1.06. The highest BCUT2D eigenvalue weighted by Crippen LogP contribution is 2.20. The van der Waals surface area contributed by atoms with Gasteiger partial charge in [0, 0.05) is 6.20 Å². The highest BCUT2D eigenvalue weighted by molar-refractivity contribution is 14.1. The number of nitrogens with zero attached hydrogens (tertiary/aromatic N) is 3. The molecular weight excluding hydrogens is 365 g/mol. The number of halogens is 2. The highest BCUT2D eigenvalue weighted by Gasteiger charge is 2.13. The molecule has 0 aliphatic carbocycles. The first kappa shape index (κ1) is 9.84. The fourth-order valence-corrected chi connectivity index (χ4v) is 2.00. The summed E-state index contributed by atoms with van der Waals surface area (Å²) in [6.07, 6.45) is 1.90. The van der Waals surface area contributed by atoms with Crippen molar-refractivity contribution in [3.05, 3.63) is 20.6 Å². The molecule has 0 radical (unpaired) electrons. The van der Waals surface area contributed by atoms with Crippen molar-refractivity contribution < 1.29 is 9.90 Å². The Morgan fingerprint density at radius 1 is 1.64 bits per heavy atom. The van der Waals surface area contributed by atoms with Gasteiger partial charge in [0.05, 0.1) is 9.77 Å². The van der Waals surface area contributed by atoms with Crippen molar-refractivity contribution in [3.63, 3.8) is 0 Å². The van der Waals surface area contributed by atoms with E-state index in [-0.39, 0.29) is 0 Å². The number of hydrogen-bond acceptors (Lipinski definition) is 3. The molecule has 2 heterocycles. The number of hydrogen-bond donors (Lipinski definition) is 1. The van der Waals surface area contributed by atoms with E-state index in [0.717, 1.165) is 8.14 Å². The third kappa shape index (κ3) is 1.50. The largest absolute Gasteiger partial charge is 0.464 e. The third-order valence-corrected chi connectivity index (χ3v) is 2.80. The zero-order valence-electron chi connectivity index (χ0n) is 6.61. The summed E-state index contributed by atoms with van der Waals surface area (Å²) in [6, 6.07) is 0. The zero-order chi connectivity index (χ0) is 10.3. The number of carbonyl (C=O) groups is 1. The molecule has 2 aromatic rings. The Labute approximate surface area is 100 Å². The average molecular weight is 368 g/mol. The predicted octanol–water partition coefficient (Wildman–Crippen LogP) is 2.32. The molecule has 0 aliphatic heterocycles. The lowest BCUT2D eigenvalue weighted by molar-refractivity contribution is 0.197. The summed E-state index contributed by atoms with van der Waals surface area (Å²) in [4.78, 5) is 18.9. The lowest BCUT2D eigenvalue weighted by Gasteiger charge is -1.95. The number of rotatable bonds is 0. The summed E-state index contributed by atoms with van der Waals surface area (Å²) in [5.74, 6) is 0. The maximum absolute atomic E-state index is 10.8. The first-order chi connectivity index (χ1) is 6.59. The van der Waals surface area contributed by atoms with Crippen LogP contribution in [-0.2, 0) is 0 Å². The Kier molecular flexibility index (Phi) is 2.43. The quantitative estimate of drug-likeness (QED) is 0.725. The van der Waals surface area contributed by atoms with E-state index >= 15 is 0 Å². The van der Waals surface area contributed by atoms with Gasteiger partial charge >= 0.3 is 6.09 Å². The van der Waals surface area contributed by atoms with Crippen molar-refractivity contribution in [1.29, 1.82) is 0 Å². The van der Waals surface area contributed by atoms with E-state index in [2.05, 4.69) is 25.9 Å². The monoisotopic (exact) mass is 367 g/mol. The molecule has 0 saturated heterocycles. The first-order valence-corrected chi connectivity index (χ1v) is 5.39. The highest BCUT2D eigenvalue weighted by atomic mass is 127. The Morgan fingerprint density at radius 2 is 2.36 bits per heavy atom. The molecule has 0 fully saturated rings. The Morgan fingerprint density at radius 3 is 3.00 bits per heavy atom. The fraction of sp³-hybridized carbons (Fsp3) is 0. The second-order valence-electron chi connectivity index (χ2n) is 2.49. The van der Waals surface area contributed by atoms with Crippen LogP contribution in [0.1, 0.15) is 0 Å². The second-order valence-corrected chi connectivity index (χ2v) is 4.47. The first-order valence-electron chi connectivity index (χ1n) is 3.52. The standard InChI is InChI=1S/C7H3BrIN3O2/c8-4-1-10-6-5(11-4)3(9)2-12(6)7(13)14/h1-2H,(H,13,14). The zero-order valence-corrected chi connectivity index (χ0v) is 10.4. The van der Waals surface area contributed by atoms with E-state index in [1.807, 2.05) is 22.6 Å². The molecular formula is C7H3BrIN3O2. The number of aromatic nitrogens is 3. The van der Waals surface area contributed by atoms with E-state index < -0.39 is 6.09 Å². The van der Waals surface area contributed by atoms with Crippen molar-refractivity contribution in [2.45, 2.75) is 0 Å². The SMILES string of the molecule is O=C(O)n1cc(I)c2nc(Br)cnc21. The normalized spacial score (nSPS) is 10.7. The van der Waals surface area contributed by atoms with E-state index in [0.29, 0.717) is 15.8 Å². The van der Waals surface area contributed by atoms with Gasteiger partial charge < -0.3 is 5.11 Å². The molecule has 7 heteroatoms. The molecule has 0 spiro atoms. The molecule has 5 nitrogen and oxygen atoms in total. The molecule has 0 amide bonds. The lowest BCUT2D eigenvalue weighted by atomic mass is 10.5. The Balaban J connectivity index is 2.84. The Hall–Kier alpha value is -0.700. The van der Waals surface area contributed by atoms with Gasteiger partial charge in [0.15, 0.2) is 5.65 Å². The van der Waals surface area contributed by atoms with Crippen LogP contribution in [0.25, 0.3) is 11.2 Å². The van der Waals surface area contributed by atoms with E-state index in [1.54, 1.807) is 0 Å². The molecule has 0 atom stereocenters. The molecule has 1 N–H and O–H groups in total. The fourth-order valence-electron chi connectivity index (χ4n) is 1.08. The van der Waals surface area contributed by atoms with Crippen LogP contribution >= 0.6 is 38.5 Å². The van der Waals surface area contributed by atoms with Crippen LogP contribution < -0.4 is 0 Å². The van der Waals surface area contributed by atoms with Crippen molar-refractivity contribution in [2.75, 3.05) is 0 Å². The molecule has 72 valence electrons. The summed E-state index contributed by atoms with van der Waals surface area (Å²) in [5, 5.41) is 8.85. The smallest absolute Gasteiger partial charge is 0.417 e. The van der Waals surface area contributed by atoms with Crippen molar-refractivity contribution >= 4 is 55.8 Å². The molecule has 2 rings (SSSR count). The molecule has 0 unspecified atom stereocenters. The van der Waals surface area contributed by atoms with Gasteiger partial charge in [0.25, 0.3) is 0 Å². The van der Waals surface area contributed by atoms with Gasteiger partial charge in [-0.15, -0.1) is 0 Å². The minimum absolute atomic E-state index is 0.352. The second kappa shape index (κ2) is 3.46. The topological polar surface area (TPSA) is 68.0 Å². The van der Waals surface area contributed by atoms with Crippen molar-refractivity contribution in [1.82, 2.24) is 14.5 Å². The van der Waals surface area contributed by atoms with Gasteiger partial charge in [0.1, 0.15) is 10.1 Å². The predicted molar refractivity (Wildman–Crippen MR) is 61.4 cm³/mol. The van der Waals surface area contributed by atoms with Crippen molar-refractivity contribution in [2.24, 2.45) is 0 Å². The third-order valence-electron chi connectivity index (χ3n) is 1.63. The summed E-state index contributed by atoms with van der Waals surface area (Å²) < 4.78 is 2.40. The maximum atomic E-state index is 10.8. The molecule has 2 aromatic heterocycles. The van der Waals surface area contributed by atoms with Crippen LogP contribution in [0.4, 0.5) is 4.79 Å². The van der Waals surface area contributed by atoms with E-state index in [9.17, 15) is 4.79 Å². The molecule has 0 aromatic carbocycles. The van der Waals surface area contributed by atoms with Gasteiger partial charge in [-0.25, -0.2) is 19.3 Å². The van der Waals surface area contributed by atoms with Gasteiger partial charge in [-0.2, -0.15) is 0 Å². The lowest BCUT2D eigenvalue weighted by Crippen LogP contribution is -2.06. The van der Waals surface area contributed by atoms with Crippen LogP contribution in [0.15, 0.2) is 17.0 Å². The number of carboxylic acid groups (broad SMARTS) is 1.